The Morgan fingerprint density at radius 1 is 1.13 bits per heavy atom. The van der Waals surface area contributed by atoms with Gasteiger partial charge in [-0.3, -0.25) is 19.4 Å². The summed E-state index contributed by atoms with van der Waals surface area (Å²) in [5, 5.41) is 21.9. The molecule has 1 amide bonds. The Morgan fingerprint density at radius 3 is 2.42 bits per heavy atom. The van der Waals surface area contributed by atoms with Crippen molar-refractivity contribution < 1.29 is 29.3 Å². The average Bonchev–Trinajstić information content (AvgIpc) is 3.23. The third-order valence-corrected chi connectivity index (χ3v) is 7.80. The number of fused-ring (bicyclic) bond motifs is 1. The van der Waals surface area contributed by atoms with Crippen molar-refractivity contribution in [3.05, 3.63) is 57.5 Å². The Bertz CT molecular complexity index is 1380. The zero-order valence-corrected chi connectivity index (χ0v) is 22.6. The van der Waals surface area contributed by atoms with Crippen LogP contribution in [0.1, 0.15) is 34.3 Å². The highest BCUT2D eigenvalue weighted by Gasteiger charge is 2.42. The van der Waals surface area contributed by atoms with Gasteiger partial charge in [-0.15, -0.1) is 0 Å². The smallest absolute Gasteiger partial charge is 0.357 e. The highest BCUT2D eigenvalue weighted by Crippen LogP contribution is 2.21. The van der Waals surface area contributed by atoms with Crippen LogP contribution in [0.4, 0.5) is 5.95 Å². The topological polar surface area (TPSA) is 200 Å². The first-order valence-electron chi connectivity index (χ1n) is 12.2. The van der Waals surface area contributed by atoms with Crippen molar-refractivity contribution in [2.75, 3.05) is 12.3 Å². The van der Waals surface area contributed by atoms with Crippen LogP contribution in [0.5, 0.6) is 0 Å². The number of hydrogen-bond acceptors (Lipinski definition) is 7. The summed E-state index contributed by atoms with van der Waals surface area (Å²) in [5.41, 5.74) is 5.36. The fraction of sp³-hybridized carbons (Fsp3) is 0.400. The van der Waals surface area contributed by atoms with Crippen molar-refractivity contribution in [1.82, 2.24) is 20.3 Å². The lowest BCUT2D eigenvalue weighted by Crippen LogP contribution is -2.57. The van der Waals surface area contributed by atoms with E-state index in [0.29, 0.717) is 29.9 Å². The number of benzene rings is 1. The lowest BCUT2D eigenvalue weighted by Gasteiger charge is -2.31. The summed E-state index contributed by atoms with van der Waals surface area (Å²) >= 11 is 0. The number of carbonyl (C=O) groups excluding carboxylic acids is 1. The standard InChI is InChI=1S/C25H33N5O7Si/c1-38(2,3)13-12-37-25(23(35)36,11-10-18(31)32)30-21(33)16-7-4-15(5-8-16)6-9-17-14-27-20-19(17)22(34)29-24(26)28-20/h4-5,7-8,14H,6,9-13H2,1-3H3,(H,30,33)(H,31,32)(H,35,36)(H4,26,27,28,29,34)/t25-/m1/s1. The lowest BCUT2D eigenvalue weighted by atomic mass is 10.0. The SMILES string of the molecule is C[Si](C)(C)CCO[C@@](CCC(=O)O)(NC(=O)c1ccc(CCc2c[nH]c3nc(N)[nH]c(=O)c23)cc1)C(=O)O. The summed E-state index contributed by atoms with van der Waals surface area (Å²) in [7, 11) is -1.57. The Balaban J connectivity index is 1.71. The average molecular weight is 544 g/mol. The molecular formula is C25H33N5O7Si. The number of nitrogens with zero attached hydrogens (tertiary/aromatic N) is 1. The van der Waals surface area contributed by atoms with Crippen molar-refractivity contribution in [1.29, 1.82) is 0 Å². The highest BCUT2D eigenvalue weighted by atomic mass is 28.3. The fourth-order valence-electron chi connectivity index (χ4n) is 3.88. The number of nitrogens with two attached hydrogens (primary N) is 1. The van der Waals surface area contributed by atoms with Crippen LogP contribution in [0.25, 0.3) is 11.0 Å². The molecule has 0 fully saturated rings. The van der Waals surface area contributed by atoms with E-state index in [4.69, 9.17) is 15.6 Å². The zero-order chi connectivity index (χ0) is 28.1. The normalized spacial score (nSPS) is 13.2. The molecule has 0 aliphatic rings. The van der Waals surface area contributed by atoms with Crippen molar-refractivity contribution in [3.8, 4) is 0 Å². The van der Waals surface area contributed by atoms with Gasteiger partial charge in [0, 0.05) is 32.9 Å². The minimum atomic E-state index is -2.16. The van der Waals surface area contributed by atoms with Gasteiger partial charge in [-0.2, -0.15) is 4.98 Å². The molecule has 0 unspecified atom stereocenters. The van der Waals surface area contributed by atoms with Gasteiger partial charge < -0.3 is 31.0 Å². The van der Waals surface area contributed by atoms with Gasteiger partial charge in [-0.1, -0.05) is 31.8 Å². The number of carboxylic acids is 2. The maximum atomic E-state index is 13.0. The summed E-state index contributed by atoms with van der Waals surface area (Å²) in [6, 6.07) is 7.22. The molecule has 7 N–H and O–H groups in total. The van der Waals surface area contributed by atoms with Crippen LogP contribution in [0, 0.1) is 0 Å². The number of ether oxygens (including phenoxy) is 1. The van der Waals surface area contributed by atoms with Crippen LogP contribution >= 0.6 is 0 Å². The quantitative estimate of drug-likeness (QED) is 0.138. The van der Waals surface area contributed by atoms with Crippen molar-refractivity contribution in [3.63, 3.8) is 0 Å². The summed E-state index contributed by atoms with van der Waals surface area (Å²) in [5.74, 6) is -3.31. The number of aliphatic carboxylic acids is 2. The van der Waals surface area contributed by atoms with Crippen molar-refractivity contribution in [2.45, 2.75) is 57.1 Å². The molecular weight excluding hydrogens is 510 g/mol. The Hall–Kier alpha value is -3.97. The number of aromatic amines is 2. The monoisotopic (exact) mass is 543 g/mol. The van der Waals surface area contributed by atoms with E-state index >= 15 is 0 Å². The summed E-state index contributed by atoms with van der Waals surface area (Å²) < 4.78 is 5.66. The molecule has 12 nitrogen and oxygen atoms in total. The van der Waals surface area contributed by atoms with E-state index in [1.54, 1.807) is 30.5 Å². The molecule has 2 aromatic heterocycles. The van der Waals surface area contributed by atoms with Crippen molar-refractivity contribution in [2.24, 2.45) is 0 Å². The molecule has 13 heteroatoms. The number of hydrogen-bond donors (Lipinski definition) is 6. The zero-order valence-electron chi connectivity index (χ0n) is 21.6. The van der Waals surface area contributed by atoms with Crippen LogP contribution in [-0.2, 0) is 27.2 Å². The van der Waals surface area contributed by atoms with Gasteiger partial charge in [0.05, 0.1) is 11.8 Å². The van der Waals surface area contributed by atoms with E-state index in [2.05, 4.69) is 39.9 Å². The molecule has 0 aliphatic heterocycles. The second-order valence-corrected chi connectivity index (χ2v) is 15.9. The van der Waals surface area contributed by atoms with Crippen LogP contribution < -0.4 is 16.6 Å². The largest absolute Gasteiger partial charge is 0.481 e. The number of aromatic nitrogens is 3. The molecule has 1 aromatic carbocycles. The molecule has 0 spiro atoms. The maximum Gasteiger partial charge on any atom is 0.357 e. The molecule has 0 bridgehead atoms. The predicted molar refractivity (Wildman–Crippen MR) is 144 cm³/mol. The maximum absolute atomic E-state index is 13.0. The minimum absolute atomic E-state index is 0.0288. The lowest BCUT2D eigenvalue weighted by molar-refractivity contribution is -0.171. The molecule has 0 saturated carbocycles. The second kappa shape index (κ2) is 11.6. The highest BCUT2D eigenvalue weighted by molar-refractivity contribution is 6.76. The first kappa shape index (κ1) is 28.6. The molecule has 2 heterocycles. The van der Waals surface area contributed by atoms with Gasteiger partial charge in [0.2, 0.25) is 11.7 Å². The van der Waals surface area contributed by atoms with Crippen LogP contribution in [0.15, 0.2) is 35.3 Å². The number of carboxylic acid groups (broad SMARTS) is 2. The molecule has 3 rings (SSSR count). The van der Waals surface area contributed by atoms with E-state index in [1.807, 2.05) is 0 Å². The molecule has 38 heavy (non-hydrogen) atoms. The molecule has 0 saturated heterocycles. The van der Waals surface area contributed by atoms with Gasteiger partial charge in [0.1, 0.15) is 5.65 Å². The third kappa shape index (κ3) is 7.29. The van der Waals surface area contributed by atoms with Crippen LogP contribution in [0.2, 0.25) is 25.7 Å². The van der Waals surface area contributed by atoms with E-state index in [-0.39, 0.29) is 23.7 Å². The number of carbonyl (C=O) groups is 3. The number of rotatable bonds is 13. The third-order valence-electron chi connectivity index (χ3n) is 6.09. The fourth-order valence-corrected chi connectivity index (χ4v) is 4.60. The molecule has 0 aliphatic carbocycles. The summed E-state index contributed by atoms with van der Waals surface area (Å²) in [4.78, 5) is 58.1. The van der Waals surface area contributed by atoms with E-state index in [1.165, 1.54) is 0 Å². The van der Waals surface area contributed by atoms with Crippen LogP contribution in [-0.4, -0.2) is 63.4 Å². The number of H-pyrrole nitrogens is 2. The van der Waals surface area contributed by atoms with Gasteiger partial charge in [0.25, 0.3) is 11.5 Å². The Morgan fingerprint density at radius 2 is 1.82 bits per heavy atom. The predicted octanol–water partition coefficient (Wildman–Crippen LogP) is 2.35. The first-order chi connectivity index (χ1) is 17.8. The summed E-state index contributed by atoms with van der Waals surface area (Å²) in [6.07, 6.45) is 1.90. The Kier molecular flexibility index (Phi) is 8.73. The number of aryl methyl sites for hydroxylation is 2. The number of nitrogens with one attached hydrogen (secondary N) is 3. The summed E-state index contributed by atoms with van der Waals surface area (Å²) in [6.45, 7) is 6.37. The molecule has 204 valence electrons. The van der Waals surface area contributed by atoms with Gasteiger partial charge in [-0.25, -0.2) is 4.79 Å². The van der Waals surface area contributed by atoms with Crippen molar-refractivity contribution >= 4 is 42.9 Å². The number of anilines is 1. The first-order valence-corrected chi connectivity index (χ1v) is 15.9. The van der Waals surface area contributed by atoms with E-state index in [0.717, 1.165) is 11.1 Å². The van der Waals surface area contributed by atoms with Crippen LogP contribution in [0.3, 0.4) is 0 Å². The van der Waals surface area contributed by atoms with E-state index in [9.17, 15) is 24.3 Å². The minimum Gasteiger partial charge on any atom is -0.481 e. The molecule has 0 radical (unpaired) electrons. The Labute approximate surface area is 219 Å². The van der Waals surface area contributed by atoms with E-state index < -0.39 is 44.5 Å². The van der Waals surface area contributed by atoms with Gasteiger partial charge in [0.15, 0.2) is 0 Å². The number of nitrogen functional groups attached to an aromatic ring is 1. The van der Waals surface area contributed by atoms with Gasteiger partial charge >= 0.3 is 11.9 Å². The van der Waals surface area contributed by atoms with Gasteiger partial charge in [-0.05, 0) is 42.1 Å². The second-order valence-electron chi connectivity index (χ2n) is 10.3. The molecule has 3 aromatic rings. The number of amides is 1. The molecule has 1 atom stereocenters.